The van der Waals surface area contributed by atoms with Gasteiger partial charge in [0.25, 0.3) is 5.91 Å². The maximum absolute atomic E-state index is 13.2. The van der Waals surface area contributed by atoms with Crippen LogP contribution in [0.2, 0.25) is 0 Å². The fraction of sp³-hybridized carbons (Fsp3) is 0.160. The average molecular weight is 449 g/mol. The second-order valence-electron chi connectivity index (χ2n) is 7.84. The highest BCUT2D eigenvalue weighted by Crippen LogP contribution is 2.33. The number of hydrogen-bond donors (Lipinski definition) is 1. The molecule has 0 aliphatic carbocycles. The van der Waals surface area contributed by atoms with Gasteiger partial charge in [-0.25, -0.2) is 13.6 Å². The quantitative estimate of drug-likeness (QED) is 0.474. The first-order valence-electron chi connectivity index (χ1n) is 10.2. The number of primary sulfonamides is 1. The van der Waals surface area contributed by atoms with Crippen LogP contribution in [-0.4, -0.2) is 32.8 Å². The molecule has 164 valence electrons. The van der Waals surface area contributed by atoms with Crippen molar-refractivity contribution in [1.29, 1.82) is 0 Å². The van der Waals surface area contributed by atoms with Gasteiger partial charge in [-0.1, -0.05) is 42.5 Å². The van der Waals surface area contributed by atoms with Gasteiger partial charge < -0.3 is 9.32 Å². The molecule has 0 radical (unpaired) electrons. The monoisotopic (exact) mass is 448 g/mol. The van der Waals surface area contributed by atoms with Gasteiger partial charge in [-0.15, -0.1) is 0 Å². The van der Waals surface area contributed by atoms with Gasteiger partial charge in [0.05, 0.1) is 17.4 Å². The molecule has 4 rings (SSSR count). The SMILES string of the molecule is Cc1cocc1-c1cccc2c(C(=O)N(C)CCc3ccc(S(N)(=O)=O)cc3)cccc12. The lowest BCUT2D eigenvalue weighted by Gasteiger charge is -2.19. The van der Waals surface area contributed by atoms with E-state index in [9.17, 15) is 13.2 Å². The van der Waals surface area contributed by atoms with Crippen LogP contribution in [0.15, 0.2) is 82.5 Å². The number of furan rings is 1. The lowest BCUT2D eigenvalue weighted by molar-refractivity contribution is 0.0798. The Labute approximate surface area is 187 Å². The number of hydrogen-bond acceptors (Lipinski definition) is 4. The fourth-order valence-corrected chi connectivity index (χ4v) is 4.33. The van der Waals surface area contributed by atoms with Crippen LogP contribution in [0, 0.1) is 6.92 Å². The number of aryl methyl sites for hydroxylation is 1. The summed E-state index contributed by atoms with van der Waals surface area (Å²) < 4.78 is 28.2. The molecule has 7 heteroatoms. The van der Waals surface area contributed by atoms with E-state index >= 15 is 0 Å². The van der Waals surface area contributed by atoms with Gasteiger partial charge in [-0.05, 0) is 59.0 Å². The molecule has 0 saturated heterocycles. The van der Waals surface area contributed by atoms with E-state index in [1.807, 2.05) is 43.3 Å². The molecule has 6 nitrogen and oxygen atoms in total. The summed E-state index contributed by atoms with van der Waals surface area (Å²) in [5.41, 5.74) is 4.64. The molecule has 2 N–H and O–H groups in total. The lowest BCUT2D eigenvalue weighted by atomic mass is 9.95. The van der Waals surface area contributed by atoms with Crippen molar-refractivity contribution in [2.45, 2.75) is 18.2 Å². The topological polar surface area (TPSA) is 93.6 Å². The van der Waals surface area contributed by atoms with E-state index in [4.69, 9.17) is 9.56 Å². The molecule has 1 amide bonds. The molecule has 0 saturated carbocycles. The first-order chi connectivity index (χ1) is 15.3. The van der Waals surface area contributed by atoms with Crippen molar-refractivity contribution in [2.75, 3.05) is 13.6 Å². The Balaban J connectivity index is 1.56. The summed E-state index contributed by atoms with van der Waals surface area (Å²) in [4.78, 5) is 15.0. The molecule has 1 heterocycles. The Kier molecular flexibility index (Phi) is 5.86. The van der Waals surface area contributed by atoms with Crippen molar-refractivity contribution in [3.63, 3.8) is 0 Å². The zero-order valence-corrected chi connectivity index (χ0v) is 18.7. The molecule has 0 spiro atoms. The summed E-state index contributed by atoms with van der Waals surface area (Å²) in [6, 6.07) is 18.1. The van der Waals surface area contributed by atoms with Crippen LogP contribution >= 0.6 is 0 Å². The maximum atomic E-state index is 13.2. The van der Waals surface area contributed by atoms with Crippen LogP contribution in [-0.2, 0) is 16.4 Å². The molecular weight excluding hydrogens is 424 g/mol. The Bertz CT molecular complexity index is 1390. The largest absolute Gasteiger partial charge is 0.472 e. The molecule has 0 aliphatic rings. The zero-order chi connectivity index (χ0) is 22.9. The standard InChI is InChI=1S/C25H24N2O4S/c1-17-15-31-16-24(17)22-7-3-6-21-20(22)5-4-8-23(21)25(28)27(2)14-13-18-9-11-19(12-10-18)32(26,29)30/h3-12,15-16H,13-14H2,1-2H3,(H2,26,29,30). The first kappa shape index (κ1) is 21.8. The normalized spacial score (nSPS) is 11.6. The number of nitrogens with zero attached hydrogens (tertiary/aromatic N) is 1. The van der Waals surface area contributed by atoms with Gasteiger partial charge >= 0.3 is 0 Å². The van der Waals surface area contributed by atoms with Gasteiger partial charge in [-0.3, -0.25) is 4.79 Å². The fourth-order valence-electron chi connectivity index (χ4n) is 3.82. The predicted octanol–water partition coefficient (Wildman–Crippen LogP) is 4.37. The number of benzene rings is 3. The van der Waals surface area contributed by atoms with E-state index in [0.29, 0.717) is 18.5 Å². The van der Waals surface area contributed by atoms with Crippen molar-refractivity contribution < 1.29 is 17.6 Å². The van der Waals surface area contributed by atoms with Gasteiger partial charge in [0.1, 0.15) is 0 Å². The van der Waals surface area contributed by atoms with E-state index in [2.05, 4.69) is 0 Å². The van der Waals surface area contributed by atoms with Crippen LogP contribution in [0.1, 0.15) is 21.5 Å². The van der Waals surface area contributed by atoms with E-state index in [0.717, 1.165) is 33.0 Å². The number of carbonyl (C=O) groups is 1. The van der Waals surface area contributed by atoms with Crippen LogP contribution in [0.5, 0.6) is 0 Å². The van der Waals surface area contributed by atoms with E-state index in [-0.39, 0.29) is 10.8 Å². The minimum atomic E-state index is -3.71. The zero-order valence-electron chi connectivity index (χ0n) is 17.9. The number of fused-ring (bicyclic) bond motifs is 1. The second kappa shape index (κ2) is 8.61. The Morgan fingerprint density at radius 3 is 2.28 bits per heavy atom. The van der Waals surface area contributed by atoms with E-state index in [1.54, 1.807) is 36.6 Å². The molecule has 0 bridgehead atoms. The lowest BCUT2D eigenvalue weighted by Crippen LogP contribution is -2.29. The molecular formula is C25H24N2O4S. The van der Waals surface area contributed by atoms with Gasteiger partial charge in [0, 0.05) is 24.7 Å². The number of amides is 1. The van der Waals surface area contributed by atoms with Gasteiger partial charge in [-0.2, -0.15) is 0 Å². The minimum Gasteiger partial charge on any atom is -0.472 e. The summed E-state index contributed by atoms with van der Waals surface area (Å²) in [7, 11) is -1.95. The van der Waals surface area contributed by atoms with Crippen LogP contribution in [0.4, 0.5) is 0 Å². The van der Waals surface area contributed by atoms with Crippen molar-refractivity contribution in [3.8, 4) is 11.1 Å². The highest BCUT2D eigenvalue weighted by atomic mass is 32.2. The number of carbonyl (C=O) groups excluding carboxylic acids is 1. The molecule has 4 aromatic rings. The van der Waals surface area contributed by atoms with Crippen molar-refractivity contribution in [1.82, 2.24) is 4.90 Å². The third kappa shape index (κ3) is 4.30. The second-order valence-corrected chi connectivity index (χ2v) is 9.40. The highest BCUT2D eigenvalue weighted by Gasteiger charge is 2.17. The maximum Gasteiger partial charge on any atom is 0.254 e. The number of nitrogens with two attached hydrogens (primary N) is 1. The van der Waals surface area contributed by atoms with Crippen molar-refractivity contribution in [2.24, 2.45) is 5.14 Å². The number of likely N-dealkylation sites (N-methyl/N-ethyl adjacent to an activating group) is 1. The van der Waals surface area contributed by atoms with Gasteiger partial charge in [0.2, 0.25) is 10.0 Å². The average Bonchev–Trinajstić information content (AvgIpc) is 3.21. The summed E-state index contributed by atoms with van der Waals surface area (Å²) in [5, 5.41) is 7.03. The van der Waals surface area contributed by atoms with Crippen molar-refractivity contribution >= 4 is 26.7 Å². The molecule has 1 aromatic heterocycles. The number of sulfonamides is 1. The molecule has 0 atom stereocenters. The Hall–Kier alpha value is -3.42. The smallest absolute Gasteiger partial charge is 0.254 e. The Morgan fingerprint density at radius 1 is 0.938 bits per heavy atom. The molecule has 32 heavy (non-hydrogen) atoms. The molecule has 0 fully saturated rings. The Morgan fingerprint density at radius 2 is 1.62 bits per heavy atom. The third-order valence-corrected chi connectivity index (χ3v) is 6.56. The highest BCUT2D eigenvalue weighted by molar-refractivity contribution is 7.89. The van der Waals surface area contributed by atoms with E-state index < -0.39 is 10.0 Å². The molecule has 0 aliphatic heterocycles. The summed E-state index contributed by atoms with van der Waals surface area (Å²) in [6.45, 7) is 2.49. The molecule has 0 unspecified atom stereocenters. The summed E-state index contributed by atoms with van der Waals surface area (Å²) in [5.74, 6) is -0.0715. The van der Waals surface area contributed by atoms with Crippen LogP contribution < -0.4 is 5.14 Å². The van der Waals surface area contributed by atoms with Crippen molar-refractivity contribution in [3.05, 3.63) is 89.9 Å². The van der Waals surface area contributed by atoms with Crippen LogP contribution in [0.3, 0.4) is 0 Å². The van der Waals surface area contributed by atoms with E-state index in [1.165, 1.54) is 12.1 Å². The summed E-state index contributed by atoms with van der Waals surface area (Å²) >= 11 is 0. The minimum absolute atomic E-state index is 0.0715. The number of rotatable bonds is 6. The third-order valence-electron chi connectivity index (χ3n) is 5.63. The van der Waals surface area contributed by atoms with Gasteiger partial charge in [0.15, 0.2) is 0 Å². The first-order valence-corrected chi connectivity index (χ1v) is 11.7. The van der Waals surface area contributed by atoms with Crippen LogP contribution in [0.25, 0.3) is 21.9 Å². The summed E-state index contributed by atoms with van der Waals surface area (Å²) in [6.07, 6.45) is 4.04. The molecule has 3 aromatic carbocycles. The predicted molar refractivity (Wildman–Crippen MR) is 125 cm³/mol.